The van der Waals surface area contributed by atoms with Crippen LogP contribution in [0.1, 0.15) is 64.7 Å². The van der Waals surface area contributed by atoms with Gasteiger partial charge >= 0.3 is 5.97 Å². The van der Waals surface area contributed by atoms with Gasteiger partial charge in [-0.3, -0.25) is 4.79 Å². The molecule has 1 rings (SSSR count). The van der Waals surface area contributed by atoms with Gasteiger partial charge in [-0.25, -0.2) is 0 Å². The molecule has 1 unspecified atom stereocenters. The van der Waals surface area contributed by atoms with Gasteiger partial charge in [0.1, 0.15) is 6.10 Å². The summed E-state index contributed by atoms with van der Waals surface area (Å²) in [7, 11) is 0. The molecule has 122 valence electrons. The zero-order valence-corrected chi connectivity index (χ0v) is 13.9. The van der Waals surface area contributed by atoms with Gasteiger partial charge in [0.15, 0.2) is 0 Å². The van der Waals surface area contributed by atoms with Crippen molar-refractivity contribution in [3.63, 3.8) is 0 Å². The fourth-order valence-corrected chi connectivity index (χ4v) is 2.36. The molecule has 0 amide bonds. The molecule has 0 aromatic carbocycles. The number of esters is 1. The van der Waals surface area contributed by atoms with Gasteiger partial charge in [0.2, 0.25) is 0 Å². The molecule has 0 bridgehead atoms. The Hall–Kier alpha value is -1.57. The first kappa shape index (κ1) is 18.5. The van der Waals surface area contributed by atoms with E-state index >= 15 is 0 Å². The zero-order chi connectivity index (χ0) is 15.9. The molecule has 22 heavy (non-hydrogen) atoms. The Labute approximate surface area is 135 Å². The van der Waals surface area contributed by atoms with Crippen LogP contribution in [-0.4, -0.2) is 12.1 Å². The second kappa shape index (κ2) is 13.1. The van der Waals surface area contributed by atoms with Crippen LogP contribution < -0.4 is 0 Å². The zero-order valence-electron chi connectivity index (χ0n) is 13.9. The molecular weight excluding hydrogens is 272 g/mol. The number of rotatable bonds is 10. The van der Waals surface area contributed by atoms with Crippen molar-refractivity contribution >= 4 is 5.97 Å². The topological polar surface area (TPSA) is 26.3 Å². The summed E-state index contributed by atoms with van der Waals surface area (Å²) in [6.07, 6.45) is 26.4. The SMILES string of the molecule is CC/C=C\C/C=C\C/C=C\C/C=C\CCC1CCCC(=O)O1. The normalized spacial score (nSPS) is 19.9. The maximum Gasteiger partial charge on any atom is 0.306 e. The van der Waals surface area contributed by atoms with Crippen molar-refractivity contribution in [1.82, 2.24) is 0 Å². The largest absolute Gasteiger partial charge is 0.462 e. The molecule has 1 atom stereocenters. The van der Waals surface area contributed by atoms with E-state index in [9.17, 15) is 4.79 Å². The van der Waals surface area contributed by atoms with Gasteiger partial charge in [-0.05, 0) is 51.4 Å². The average molecular weight is 302 g/mol. The van der Waals surface area contributed by atoms with Crippen molar-refractivity contribution in [2.75, 3.05) is 0 Å². The van der Waals surface area contributed by atoms with Crippen molar-refractivity contribution < 1.29 is 9.53 Å². The number of carbonyl (C=O) groups excluding carboxylic acids is 1. The molecule has 0 radical (unpaired) electrons. The van der Waals surface area contributed by atoms with E-state index < -0.39 is 0 Å². The predicted octanol–water partition coefficient (Wildman–Crippen LogP) is 5.67. The summed E-state index contributed by atoms with van der Waals surface area (Å²) >= 11 is 0. The third-order valence-corrected chi connectivity index (χ3v) is 3.58. The van der Waals surface area contributed by atoms with E-state index in [-0.39, 0.29) is 12.1 Å². The summed E-state index contributed by atoms with van der Waals surface area (Å²) in [4.78, 5) is 11.1. The lowest BCUT2D eigenvalue weighted by atomic mass is 10.0. The van der Waals surface area contributed by atoms with Gasteiger partial charge in [-0.2, -0.15) is 0 Å². The highest BCUT2D eigenvalue weighted by Gasteiger charge is 2.18. The van der Waals surface area contributed by atoms with Gasteiger partial charge in [0, 0.05) is 6.42 Å². The van der Waals surface area contributed by atoms with Crippen molar-refractivity contribution in [3.05, 3.63) is 48.6 Å². The molecule has 0 aliphatic carbocycles. The molecule has 0 aromatic rings. The number of carbonyl (C=O) groups is 1. The Balaban J connectivity index is 1.98. The van der Waals surface area contributed by atoms with E-state index in [1.165, 1.54) is 0 Å². The molecule has 1 aliphatic rings. The van der Waals surface area contributed by atoms with Crippen LogP contribution in [0.15, 0.2) is 48.6 Å². The van der Waals surface area contributed by atoms with E-state index in [2.05, 4.69) is 55.5 Å². The summed E-state index contributed by atoms with van der Waals surface area (Å²) in [5.41, 5.74) is 0. The van der Waals surface area contributed by atoms with Crippen LogP contribution >= 0.6 is 0 Å². The first-order valence-corrected chi connectivity index (χ1v) is 8.62. The fraction of sp³-hybridized carbons (Fsp3) is 0.550. The van der Waals surface area contributed by atoms with Crippen molar-refractivity contribution in [2.45, 2.75) is 70.8 Å². The third kappa shape index (κ3) is 10.2. The maximum atomic E-state index is 11.1. The smallest absolute Gasteiger partial charge is 0.306 e. The second-order valence-corrected chi connectivity index (χ2v) is 5.58. The number of allylic oxidation sites excluding steroid dienone is 8. The van der Waals surface area contributed by atoms with Crippen LogP contribution in [-0.2, 0) is 9.53 Å². The lowest BCUT2D eigenvalue weighted by Crippen LogP contribution is -2.23. The fourth-order valence-electron chi connectivity index (χ4n) is 2.36. The quantitative estimate of drug-likeness (QED) is 0.384. The first-order valence-electron chi connectivity index (χ1n) is 8.62. The second-order valence-electron chi connectivity index (χ2n) is 5.58. The van der Waals surface area contributed by atoms with Gasteiger partial charge in [-0.1, -0.05) is 55.5 Å². The van der Waals surface area contributed by atoms with E-state index in [4.69, 9.17) is 4.74 Å². The van der Waals surface area contributed by atoms with E-state index in [0.717, 1.165) is 51.4 Å². The monoisotopic (exact) mass is 302 g/mol. The summed E-state index contributed by atoms with van der Waals surface area (Å²) < 4.78 is 5.29. The Morgan fingerprint density at radius 2 is 1.55 bits per heavy atom. The Kier molecular flexibility index (Phi) is 11.0. The molecule has 1 saturated heterocycles. The van der Waals surface area contributed by atoms with E-state index in [1.54, 1.807) is 0 Å². The van der Waals surface area contributed by atoms with Gasteiger partial charge < -0.3 is 4.74 Å². The van der Waals surface area contributed by atoms with Crippen LogP contribution in [0.5, 0.6) is 0 Å². The molecule has 0 saturated carbocycles. The number of hydrogen-bond donors (Lipinski definition) is 0. The number of cyclic esters (lactones) is 1. The number of hydrogen-bond acceptors (Lipinski definition) is 2. The van der Waals surface area contributed by atoms with Crippen LogP contribution in [0.4, 0.5) is 0 Å². The molecule has 1 heterocycles. The summed E-state index contributed by atoms with van der Waals surface area (Å²) in [6.45, 7) is 2.15. The summed E-state index contributed by atoms with van der Waals surface area (Å²) in [5.74, 6) is -0.0265. The van der Waals surface area contributed by atoms with Crippen molar-refractivity contribution in [1.29, 1.82) is 0 Å². The van der Waals surface area contributed by atoms with Crippen LogP contribution in [0.2, 0.25) is 0 Å². The van der Waals surface area contributed by atoms with Gasteiger partial charge in [0.05, 0.1) is 0 Å². The standard InChI is InChI=1S/C20H30O2/c1-2-3-4-5-6-7-8-9-10-11-12-13-14-16-19-17-15-18-20(21)22-19/h3-4,6-7,9-10,12-13,19H,2,5,8,11,14-18H2,1H3/b4-3-,7-6-,10-9-,13-12-. The summed E-state index contributed by atoms with van der Waals surface area (Å²) in [5, 5.41) is 0. The third-order valence-electron chi connectivity index (χ3n) is 3.58. The van der Waals surface area contributed by atoms with Crippen LogP contribution in [0.3, 0.4) is 0 Å². The minimum Gasteiger partial charge on any atom is -0.462 e. The molecular formula is C20H30O2. The van der Waals surface area contributed by atoms with Crippen LogP contribution in [0.25, 0.3) is 0 Å². The van der Waals surface area contributed by atoms with Gasteiger partial charge in [0.25, 0.3) is 0 Å². The minimum atomic E-state index is -0.0265. The Bertz CT molecular complexity index is 402. The molecule has 0 aromatic heterocycles. The average Bonchev–Trinajstić information content (AvgIpc) is 2.52. The summed E-state index contributed by atoms with van der Waals surface area (Å²) in [6, 6.07) is 0. The minimum absolute atomic E-state index is 0.0265. The molecule has 0 spiro atoms. The highest BCUT2D eigenvalue weighted by molar-refractivity contribution is 5.70. The Morgan fingerprint density at radius 3 is 2.14 bits per heavy atom. The van der Waals surface area contributed by atoms with Crippen LogP contribution in [0, 0.1) is 0 Å². The lowest BCUT2D eigenvalue weighted by Gasteiger charge is -2.21. The molecule has 2 nitrogen and oxygen atoms in total. The molecule has 1 fully saturated rings. The van der Waals surface area contributed by atoms with E-state index in [1.807, 2.05) is 0 Å². The number of ether oxygens (including phenoxy) is 1. The molecule has 1 aliphatic heterocycles. The first-order chi connectivity index (χ1) is 10.8. The molecule has 2 heteroatoms. The molecule has 0 N–H and O–H groups in total. The Morgan fingerprint density at radius 1 is 0.955 bits per heavy atom. The van der Waals surface area contributed by atoms with E-state index in [0.29, 0.717) is 6.42 Å². The predicted molar refractivity (Wildman–Crippen MR) is 93.7 cm³/mol. The lowest BCUT2D eigenvalue weighted by molar-refractivity contribution is -0.153. The van der Waals surface area contributed by atoms with Crippen molar-refractivity contribution in [3.8, 4) is 0 Å². The highest BCUT2D eigenvalue weighted by Crippen LogP contribution is 2.18. The van der Waals surface area contributed by atoms with Gasteiger partial charge in [-0.15, -0.1) is 0 Å². The highest BCUT2D eigenvalue weighted by atomic mass is 16.5. The van der Waals surface area contributed by atoms with Crippen molar-refractivity contribution in [2.24, 2.45) is 0 Å². The maximum absolute atomic E-state index is 11.1.